The molecule has 4 nitrogen and oxygen atoms in total. The van der Waals surface area contributed by atoms with E-state index >= 15 is 0 Å². The average Bonchev–Trinajstić information content (AvgIpc) is 2.80. The molecule has 72 valence electrons. The number of hydrogen-bond donors (Lipinski definition) is 0. The summed E-state index contributed by atoms with van der Waals surface area (Å²) in [6.45, 7) is 0. The van der Waals surface area contributed by atoms with E-state index in [0.29, 0.717) is 0 Å². The standard InChI is InChI=1S/C11H8N4/c12-7-1-2-10-3-5-11(6-4-10)15-9-13-8-14-15/h1-6,8-9H. The molecule has 15 heavy (non-hydrogen) atoms. The molecule has 0 bridgehead atoms. The Kier molecular flexibility index (Phi) is 2.56. The fraction of sp³-hybridized carbons (Fsp3) is 0. The van der Waals surface area contributed by atoms with Crippen LogP contribution in [-0.2, 0) is 0 Å². The van der Waals surface area contributed by atoms with Crippen LogP contribution in [0.1, 0.15) is 5.56 Å². The highest BCUT2D eigenvalue weighted by Gasteiger charge is 1.95. The lowest BCUT2D eigenvalue weighted by molar-refractivity contribution is 0.879. The molecule has 0 unspecified atom stereocenters. The first-order valence-corrected chi connectivity index (χ1v) is 4.41. The molecule has 0 atom stereocenters. The molecule has 0 aliphatic heterocycles. The Morgan fingerprint density at radius 1 is 1.27 bits per heavy atom. The van der Waals surface area contributed by atoms with E-state index in [-0.39, 0.29) is 0 Å². The second kappa shape index (κ2) is 4.20. The van der Waals surface area contributed by atoms with Gasteiger partial charge in [0.2, 0.25) is 0 Å². The minimum Gasteiger partial charge on any atom is -0.223 e. The van der Waals surface area contributed by atoms with Crippen LogP contribution in [0.4, 0.5) is 0 Å². The summed E-state index contributed by atoms with van der Waals surface area (Å²) in [7, 11) is 0. The monoisotopic (exact) mass is 196 g/mol. The molecule has 0 saturated carbocycles. The van der Waals surface area contributed by atoms with Crippen LogP contribution in [0, 0.1) is 11.3 Å². The third kappa shape index (κ3) is 2.09. The Morgan fingerprint density at radius 2 is 2.07 bits per heavy atom. The fourth-order valence-corrected chi connectivity index (χ4v) is 1.21. The fourth-order valence-electron chi connectivity index (χ4n) is 1.21. The molecule has 0 spiro atoms. The molecule has 1 aromatic heterocycles. The summed E-state index contributed by atoms with van der Waals surface area (Å²) in [6.07, 6.45) is 6.33. The number of allylic oxidation sites excluding steroid dienone is 1. The van der Waals surface area contributed by atoms with Crippen LogP contribution in [0.25, 0.3) is 11.8 Å². The smallest absolute Gasteiger partial charge is 0.138 e. The Bertz CT molecular complexity index is 488. The minimum absolute atomic E-state index is 0.946. The lowest BCUT2D eigenvalue weighted by Crippen LogP contribution is -1.93. The van der Waals surface area contributed by atoms with Crippen LogP contribution < -0.4 is 0 Å². The van der Waals surface area contributed by atoms with Crippen LogP contribution in [0.15, 0.2) is 43.0 Å². The van der Waals surface area contributed by atoms with E-state index in [0.717, 1.165) is 11.3 Å². The van der Waals surface area contributed by atoms with Gasteiger partial charge in [0.05, 0.1) is 11.8 Å². The van der Waals surface area contributed by atoms with Gasteiger partial charge in [-0.25, -0.2) is 9.67 Å². The van der Waals surface area contributed by atoms with Crippen molar-refractivity contribution in [3.05, 3.63) is 48.6 Å². The number of nitrogens with zero attached hydrogens (tertiary/aromatic N) is 4. The van der Waals surface area contributed by atoms with Crippen molar-refractivity contribution in [2.45, 2.75) is 0 Å². The summed E-state index contributed by atoms with van der Waals surface area (Å²) in [6, 6.07) is 9.64. The Morgan fingerprint density at radius 3 is 2.67 bits per heavy atom. The molecule has 4 heteroatoms. The van der Waals surface area contributed by atoms with E-state index in [9.17, 15) is 0 Å². The molecular weight excluding hydrogens is 188 g/mol. The van der Waals surface area contributed by atoms with Gasteiger partial charge in [0.1, 0.15) is 12.7 Å². The zero-order valence-corrected chi connectivity index (χ0v) is 7.91. The predicted octanol–water partition coefficient (Wildman–Crippen LogP) is 1.80. The molecule has 0 saturated heterocycles. The van der Waals surface area contributed by atoms with Gasteiger partial charge in [-0.05, 0) is 23.8 Å². The molecular formula is C11H8N4. The van der Waals surface area contributed by atoms with Gasteiger partial charge in [0.15, 0.2) is 0 Å². The number of benzene rings is 1. The van der Waals surface area contributed by atoms with E-state index in [1.54, 1.807) is 17.1 Å². The SMILES string of the molecule is N#CC=Cc1ccc(-n2cncn2)cc1. The Labute approximate surface area is 87.1 Å². The zero-order chi connectivity index (χ0) is 10.5. The molecule has 0 fully saturated rings. The van der Waals surface area contributed by atoms with Crippen LogP contribution in [0.3, 0.4) is 0 Å². The van der Waals surface area contributed by atoms with Crippen molar-refractivity contribution in [3.8, 4) is 11.8 Å². The largest absolute Gasteiger partial charge is 0.223 e. The average molecular weight is 196 g/mol. The van der Waals surface area contributed by atoms with Gasteiger partial charge >= 0.3 is 0 Å². The normalized spacial score (nSPS) is 10.3. The van der Waals surface area contributed by atoms with Crippen molar-refractivity contribution >= 4 is 6.08 Å². The highest BCUT2D eigenvalue weighted by Crippen LogP contribution is 2.08. The first-order valence-electron chi connectivity index (χ1n) is 4.41. The third-order valence-corrected chi connectivity index (χ3v) is 1.93. The number of aromatic nitrogens is 3. The van der Waals surface area contributed by atoms with Gasteiger partial charge in [0, 0.05) is 6.08 Å². The van der Waals surface area contributed by atoms with Gasteiger partial charge in [0.25, 0.3) is 0 Å². The topological polar surface area (TPSA) is 54.5 Å². The summed E-state index contributed by atoms with van der Waals surface area (Å²) in [4.78, 5) is 3.87. The quantitative estimate of drug-likeness (QED) is 0.688. The molecule has 2 rings (SSSR count). The van der Waals surface area contributed by atoms with Crippen molar-refractivity contribution in [2.24, 2.45) is 0 Å². The molecule has 1 heterocycles. The second-order valence-corrected chi connectivity index (χ2v) is 2.89. The number of hydrogen-bond acceptors (Lipinski definition) is 3. The van der Waals surface area contributed by atoms with E-state index in [1.165, 1.54) is 12.4 Å². The van der Waals surface area contributed by atoms with Crippen molar-refractivity contribution in [3.63, 3.8) is 0 Å². The van der Waals surface area contributed by atoms with Crippen LogP contribution in [0.5, 0.6) is 0 Å². The molecule has 1 aromatic carbocycles. The minimum atomic E-state index is 0.946. The Balaban J connectivity index is 2.26. The van der Waals surface area contributed by atoms with E-state index in [1.807, 2.05) is 30.3 Å². The van der Waals surface area contributed by atoms with Gasteiger partial charge < -0.3 is 0 Å². The Hall–Kier alpha value is -2.41. The third-order valence-electron chi connectivity index (χ3n) is 1.93. The van der Waals surface area contributed by atoms with Gasteiger partial charge in [-0.1, -0.05) is 12.1 Å². The molecule has 2 aromatic rings. The van der Waals surface area contributed by atoms with E-state index in [2.05, 4.69) is 10.1 Å². The molecule has 0 amide bonds. The maximum atomic E-state index is 8.37. The summed E-state index contributed by atoms with van der Waals surface area (Å²) < 4.78 is 1.68. The van der Waals surface area contributed by atoms with E-state index in [4.69, 9.17) is 5.26 Å². The van der Waals surface area contributed by atoms with Crippen molar-refractivity contribution < 1.29 is 0 Å². The van der Waals surface area contributed by atoms with Crippen molar-refractivity contribution in [1.82, 2.24) is 14.8 Å². The number of rotatable bonds is 2. The summed E-state index contributed by atoms with van der Waals surface area (Å²) in [5, 5.41) is 12.4. The van der Waals surface area contributed by atoms with Crippen LogP contribution in [-0.4, -0.2) is 14.8 Å². The van der Waals surface area contributed by atoms with Crippen LogP contribution in [0.2, 0.25) is 0 Å². The molecule has 0 N–H and O–H groups in total. The number of nitriles is 1. The summed E-state index contributed by atoms with van der Waals surface area (Å²) in [5.74, 6) is 0. The molecule has 0 radical (unpaired) electrons. The highest BCUT2D eigenvalue weighted by molar-refractivity contribution is 5.53. The first kappa shape index (κ1) is 9.16. The highest BCUT2D eigenvalue weighted by atomic mass is 15.3. The van der Waals surface area contributed by atoms with Gasteiger partial charge in [-0.2, -0.15) is 10.4 Å². The van der Waals surface area contributed by atoms with Gasteiger partial charge in [-0.3, -0.25) is 0 Å². The van der Waals surface area contributed by atoms with E-state index < -0.39 is 0 Å². The van der Waals surface area contributed by atoms with Crippen LogP contribution >= 0.6 is 0 Å². The van der Waals surface area contributed by atoms with Crippen molar-refractivity contribution in [1.29, 1.82) is 5.26 Å². The lowest BCUT2D eigenvalue weighted by atomic mass is 10.2. The van der Waals surface area contributed by atoms with Gasteiger partial charge in [-0.15, -0.1) is 0 Å². The summed E-state index contributed by atoms with van der Waals surface area (Å²) >= 11 is 0. The predicted molar refractivity (Wildman–Crippen MR) is 56.0 cm³/mol. The second-order valence-electron chi connectivity index (χ2n) is 2.89. The molecule has 0 aliphatic rings. The lowest BCUT2D eigenvalue weighted by Gasteiger charge is -1.99. The van der Waals surface area contributed by atoms with Crippen molar-refractivity contribution in [2.75, 3.05) is 0 Å². The summed E-state index contributed by atoms with van der Waals surface area (Å²) in [5.41, 5.74) is 1.93. The first-order chi connectivity index (χ1) is 7.40. The molecule has 0 aliphatic carbocycles. The maximum Gasteiger partial charge on any atom is 0.138 e. The maximum absolute atomic E-state index is 8.37. The zero-order valence-electron chi connectivity index (χ0n) is 7.91.